The molecule has 0 N–H and O–H groups in total. The number of benzene rings is 4. The summed E-state index contributed by atoms with van der Waals surface area (Å²) in [4.78, 5) is 16.5. The molecule has 0 aromatic heterocycles. The molecule has 0 bridgehead atoms. The molecule has 0 aliphatic heterocycles. The van der Waals surface area contributed by atoms with Crippen molar-refractivity contribution >= 4 is 38.1 Å². The topological polar surface area (TPSA) is 72.9 Å². The van der Waals surface area contributed by atoms with E-state index in [1.807, 2.05) is 72.5 Å². The molecule has 4 aromatic rings. The van der Waals surface area contributed by atoms with Crippen molar-refractivity contribution in [3.63, 3.8) is 0 Å². The molecule has 8 heteroatoms. The summed E-state index contributed by atoms with van der Waals surface area (Å²) in [5, 5.41) is 2.61. The fourth-order valence-electron chi connectivity index (χ4n) is 5.46. The van der Waals surface area contributed by atoms with Gasteiger partial charge in [-0.3, -0.25) is 4.79 Å². The lowest BCUT2D eigenvalue weighted by atomic mass is 10.0. The first kappa shape index (κ1) is 29.1. The van der Waals surface area contributed by atoms with Gasteiger partial charge in [0.25, 0.3) is 5.91 Å². The summed E-state index contributed by atoms with van der Waals surface area (Å²) >= 11 is 6.40. The second kappa shape index (κ2) is 12.6. The summed E-state index contributed by atoms with van der Waals surface area (Å²) in [6, 6.07) is 24.4. The highest BCUT2D eigenvalue weighted by atomic mass is 35.5. The van der Waals surface area contributed by atoms with Crippen LogP contribution in [0.4, 0.5) is 0 Å². The number of amides is 1. The van der Waals surface area contributed by atoms with E-state index in [-0.39, 0.29) is 24.2 Å². The van der Waals surface area contributed by atoms with E-state index in [9.17, 15) is 13.2 Å². The Bertz CT molecular complexity index is 1670. The third kappa shape index (κ3) is 6.58. The Morgan fingerprint density at radius 2 is 1.71 bits per heavy atom. The maximum Gasteiger partial charge on any atom is 0.254 e. The molecule has 1 aliphatic carbocycles. The number of rotatable bonds is 11. The predicted molar refractivity (Wildman–Crippen MR) is 163 cm³/mol. The van der Waals surface area contributed by atoms with Gasteiger partial charge >= 0.3 is 0 Å². The van der Waals surface area contributed by atoms with E-state index in [1.165, 1.54) is 0 Å². The van der Waals surface area contributed by atoms with Gasteiger partial charge in [-0.05, 0) is 83.6 Å². The van der Waals surface area contributed by atoms with Crippen molar-refractivity contribution in [2.24, 2.45) is 0 Å². The average Bonchev–Trinajstić information content (AvgIpc) is 3.39. The first-order valence-electron chi connectivity index (χ1n) is 13.8. The van der Waals surface area contributed by atoms with Crippen LogP contribution in [0.15, 0.2) is 83.8 Å². The van der Waals surface area contributed by atoms with Crippen molar-refractivity contribution in [1.82, 2.24) is 4.90 Å². The van der Waals surface area contributed by atoms with E-state index in [1.54, 1.807) is 25.3 Å². The first-order valence-corrected chi connectivity index (χ1v) is 15.9. The molecule has 0 fully saturated rings. The van der Waals surface area contributed by atoms with Crippen LogP contribution >= 0.6 is 11.6 Å². The van der Waals surface area contributed by atoms with Crippen LogP contribution in [0, 0.1) is 0 Å². The Balaban J connectivity index is 1.50. The summed E-state index contributed by atoms with van der Waals surface area (Å²) in [6.45, 7) is 2.95. The van der Waals surface area contributed by atoms with Crippen molar-refractivity contribution in [2.45, 2.75) is 43.7 Å². The molecule has 0 heterocycles. The van der Waals surface area contributed by atoms with Gasteiger partial charge < -0.3 is 14.4 Å². The number of sulfone groups is 1. The molecule has 0 saturated carbocycles. The summed E-state index contributed by atoms with van der Waals surface area (Å²) in [5.41, 5.74) is 3.41. The Hall–Kier alpha value is -3.39. The largest absolute Gasteiger partial charge is 0.491 e. The smallest absolute Gasteiger partial charge is 0.254 e. The van der Waals surface area contributed by atoms with E-state index in [0.29, 0.717) is 53.7 Å². The van der Waals surface area contributed by atoms with E-state index in [2.05, 4.69) is 0 Å². The summed E-state index contributed by atoms with van der Waals surface area (Å²) in [7, 11) is -1.72. The average molecular weight is 592 g/mol. The molecule has 6 nitrogen and oxygen atoms in total. The monoisotopic (exact) mass is 591 g/mol. The molecule has 1 aliphatic rings. The molecule has 1 atom stereocenters. The van der Waals surface area contributed by atoms with Crippen molar-refractivity contribution in [3.8, 4) is 5.75 Å². The van der Waals surface area contributed by atoms with Gasteiger partial charge in [-0.15, -0.1) is 0 Å². The van der Waals surface area contributed by atoms with E-state index in [4.69, 9.17) is 21.1 Å². The molecular weight excluding hydrogens is 558 g/mol. The summed E-state index contributed by atoms with van der Waals surface area (Å²) in [6.07, 6.45) is 1.75. The minimum absolute atomic E-state index is 0.102. The van der Waals surface area contributed by atoms with Crippen LogP contribution in [0.2, 0.25) is 5.02 Å². The molecule has 0 spiro atoms. The van der Waals surface area contributed by atoms with Crippen LogP contribution in [0.1, 0.15) is 40.4 Å². The van der Waals surface area contributed by atoms with Crippen LogP contribution < -0.4 is 4.74 Å². The molecule has 1 amide bonds. The lowest BCUT2D eigenvalue weighted by Crippen LogP contribution is -2.40. The number of fused-ring (bicyclic) bond motifs is 2. The molecule has 5 rings (SSSR count). The van der Waals surface area contributed by atoms with Crippen LogP contribution in [-0.2, 0) is 34.0 Å². The second-order valence-corrected chi connectivity index (χ2v) is 12.9. The molecule has 0 saturated heterocycles. The highest BCUT2D eigenvalue weighted by Gasteiger charge is 2.32. The van der Waals surface area contributed by atoms with Crippen molar-refractivity contribution in [1.29, 1.82) is 0 Å². The number of hydrogen-bond donors (Lipinski definition) is 0. The zero-order chi connectivity index (χ0) is 29.0. The molecule has 1 unspecified atom stereocenters. The van der Waals surface area contributed by atoms with E-state index < -0.39 is 9.84 Å². The summed E-state index contributed by atoms with van der Waals surface area (Å²) < 4.78 is 36.7. The van der Waals surface area contributed by atoms with E-state index in [0.717, 1.165) is 27.5 Å². The van der Waals surface area contributed by atoms with Gasteiger partial charge in [0.05, 0.1) is 17.3 Å². The number of ether oxygens (including phenoxy) is 2. The Morgan fingerprint density at radius 1 is 0.927 bits per heavy atom. The molecular formula is C33H34ClNO5S. The van der Waals surface area contributed by atoms with Gasteiger partial charge in [0, 0.05) is 35.8 Å². The van der Waals surface area contributed by atoms with Crippen LogP contribution in [0.5, 0.6) is 5.75 Å². The maximum absolute atomic E-state index is 14.2. The first-order chi connectivity index (χ1) is 19.8. The number of halogens is 1. The highest BCUT2D eigenvalue weighted by molar-refractivity contribution is 7.91. The number of methoxy groups -OCH3 is 1. The minimum atomic E-state index is -3.34. The van der Waals surface area contributed by atoms with Gasteiger partial charge in [-0.1, -0.05) is 54.9 Å². The van der Waals surface area contributed by atoms with Crippen LogP contribution in [0.3, 0.4) is 0 Å². The van der Waals surface area contributed by atoms with Gasteiger partial charge in [0.15, 0.2) is 9.84 Å². The maximum atomic E-state index is 14.2. The third-order valence-electron chi connectivity index (χ3n) is 7.53. The number of carbonyl (C=O) groups is 1. The molecule has 0 radical (unpaired) electrons. The van der Waals surface area contributed by atoms with Crippen molar-refractivity contribution in [2.75, 3.05) is 26.1 Å². The van der Waals surface area contributed by atoms with Gasteiger partial charge in [-0.2, -0.15) is 0 Å². The number of carbonyl (C=O) groups excluding carboxylic acids is 1. The zero-order valence-electron chi connectivity index (χ0n) is 23.3. The Kier molecular flexibility index (Phi) is 8.97. The minimum Gasteiger partial charge on any atom is -0.491 e. The number of hydrogen-bond acceptors (Lipinski definition) is 5. The Labute approximate surface area is 246 Å². The van der Waals surface area contributed by atoms with Crippen molar-refractivity contribution in [3.05, 3.63) is 106 Å². The predicted octanol–water partition coefficient (Wildman–Crippen LogP) is 6.51. The summed E-state index contributed by atoms with van der Waals surface area (Å²) in [5.74, 6) is 0.656. The van der Waals surface area contributed by atoms with Gasteiger partial charge in [0.2, 0.25) is 0 Å². The quantitative estimate of drug-likeness (QED) is 0.186. The lowest BCUT2D eigenvalue weighted by molar-refractivity contribution is 0.0665. The highest BCUT2D eigenvalue weighted by Crippen LogP contribution is 2.33. The Morgan fingerprint density at radius 3 is 2.49 bits per heavy atom. The van der Waals surface area contributed by atoms with Gasteiger partial charge in [0.1, 0.15) is 12.4 Å². The van der Waals surface area contributed by atoms with Crippen LogP contribution in [0.25, 0.3) is 10.8 Å². The van der Waals surface area contributed by atoms with Gasteiger partial charge in [-0.25, -0.2) is 8.42 Å². The molecule has 41 heavy (non-hydrogen) atoms. The fraction of sp³-hybridized carbons (Fsp3) is 0.303. The zero-order valence-corrected chi connectivity index (χ0v) is 24.9. The van der Waals surface area contributed by atoms with Crippen molar-refractivity contribution < 1.29 is 22.7 Å². The second-order valence-electron chi connectivity index (χ2n) is 10.4. The standard InChI is InChI=1S/C33H34ClNO5S/c1-3-16-41(37,38)31-12-10-25-19-30(20-27(25)21-31)35(22-28-18-29(34)11-13-32(28)40-15-14-39-2)33(36)26-9-8-23-6-4-5-7-24(23)17-26/h4-13,17-18,21,30H,3,14-16,19-20,22H2,1-2H3. The third-order valence-corrected chi connectivity index (χ3v) is 9.68. The lowest BCUT2D eigenvalue weighted by Gasteiger charge is -2.30. The van der Waals surface area contributed by atoms with Crippen LogP contribution in [-0.4, -0.2) is 51.3 Å². The normalized spacial score (nSPS) is 14.7. The number of nitrogens with zero attached hydrogens (tertiary/aromatic N) is 1. The van der Waals surface area contributed by atoms with E-state index >= 15 is 0 Å². The SMILES string of the molecule is CCCS(=O)(=O)c1ccc2c(c1)CC(N(Cc1cc(Cl)ccc1OCCOC)C(=O)c1ccc3ccccc3c1)C2. The molecule has 4 aromatic carbocycles. The molecule has 214 valence electrons. The fourth-order valence-corrected chi connectivity index (χ4v) is 7.02.